The van der Waals surface area contributed by atoms with Crippen LogP contribution in [0, 0.1) is 6.42 Å². The van der Waals surface area contributed by atoms with Gasteiger partial charge in [-0.05, 0) is 12.0 Å². The Morgan fingerprint density at radius 1 is 0.714 bits per heavy atom. The molecular weight excluding hydrogens is 315 g/mol. The van der Waals surface area contributed by atoms with E-state index in [1.54, 1.807) is 0 Å². The normalized spacial score (nSPS) is 14.3. The van der Waals surface area contributed by atoms with Gasteiger partial charge in [0.25, 0.3) is 0 Å². The molecule has 0 N–H and O–H groups in total. The molecule has 0 nitrogen and oxygen atoms in total. The predicted molar refractivity (Wildman–Crippen MR) is 55.4 cm³/mol. The zero-order chi connectivity index (χ0) is 16.5. The largest absolute Gasteiger partial charge is 0.460 e. The van der Waals surface area contributed by atoms with Gasteiger partial charge in [0.05, 0.1) is 0 Å². The molecule has 1 aromatic rings. The van der Waals surface area contributed by atoms with E-state index < -0.39 is 30.4 Å². The van der Waals surface area contributed by atoms with Crippen LogP contribution in [0.15, 0.2) is 30.3 Å². The second kappa shape index (κ2) is 5.42. The summed E-state index contributed by atoms with van der Waals surface area (Å²) in [7, 11) is 0. The van der Waals surface area contributed by atoms with Gasteiger partial charge in [-0.3, -0.25) is 0 Å². The predicted octanol–water partition coefficient (Wildman–Crippen LogP) is 5.10. The monoisotopic (exact) mass is 323 g/mol. The van der Waals surface area contributed by atoms with Crippen LogP contribution < -0.4 is 0 Å². The third kappa shape index (κ3) is 3.26. The molecule has 1 aromatic carbocycles. The van der Waals surface area contributed by atoms with Gasteiger partial charge in [-0.25, -0.2) is 0 Å². The van der Waals surface area contributed by atoms with E-state index in [4.69, 9.17) is 0 Å². The average Bonchev–Trinajstić information content (AvgIpc) is 2.36. The average molecular weight is 323 g/mol. The van der Waals surface area contributed by atoms with E-state index in [2.05, 4.69) is 0 Å². The molecule has 0 atom stereocenters. The van der Waals surface area contributed by atoms with Crippen LogP contribution in [0.1, 0.15) is 12.0 Å². The van der Waals surface area contributed by atoms with Crippen LogP contribution in [0.25, 0.3) is 0 Å². The molecule has 9 heteroatoms. The van der Waals surface area contributed by atoms with E-state index in [0.29, 0.717) is 6.42 Å². The Labute approximate surface area is 113 Å². The summed E-state index contributed by atoms with van der Waals surface area (Å²) in [5.74, 6) is -19.0. The molecule has 1 radical (unpaired) electrons. The molecule has 0 aromatic heterocycles. The van der Waals surface area contributed by atoms with Crippen molar-refractivity contribution in [2.24, 2.45) is 0 Å². The standard InChI is InChI=1S/C12H8F9/c13-9(14,7-6-8-4-2-1-3-5-8)10(15,16)11(17,18)12(19,20)21/h1-6H,7H2. The second-order valence-corrected chi connectivity index (χ2v) is 4.17. The lowest BCUT2D eigenvalue weighted by atomic mass is 9.97. The number of rotatable bonds is 5. The molecule has 0 bridgehead atoms. The molecule has 0 aliphatic carbocycles. The first-order chi connectivity index (χ1) is 9.33. The summed E-state index contributed by atoms with van der Waals surface area (Å²) < 4.78 is 113. The zero-order valence-electron chi connectivity index (χ0n) is 10.1. The molecule has 119 valence electrons. The van der Waals surface area contributed by atoms with Crippen molar-refractivity contribution in [1.29, 1.82) is 0 Å². The van der Waals surface area contributed by atoms with E-state index in [9.17, 15) is 39.5 Å². The van der Waals surface area contributed by atoms with Crippen LogP contribution in [-0.4, -0.2) is 23.9 Å². The van der Waals surface area contributed by atoms with Crippen LogP contribution in [0.2, 0.25) is 0 Å². The zero-order valence-corrected chi connectivity index (χ0v) is 10.1. The summed E-state index contributed by atoms with van der Waals surface area (Å²) in [5.41, 5.74) is -0.0108. The fourth-order valence-electron chi connectivity index (χ4n) is 1.37. The van der Waals surface area contributed by atoms with E-state index in [0.717, 1.165) is 0 Å². The minimum Gasteiger partial charge on any atom is -0.200 e. The van der Waals surface area contributed by atoms with E-state index in [1.165, 1.54) is 30.3 Å². The van der Waals surface area contributed by atoms with Crippen LogP contribution >= 0.6 is 0 Å². The SMILES string of the molecule is FC(F)(F)C(F)(F)C(F)(F)C(F)(F)C[CH]c1ccccc1. The van der Waals surface area contributed by atoms with Crippen molar-refractivity contribution in [3.05, 3.63) is 42.3 Å². The van der Waals surface area contributed by atoms with Gasteiger partial charge < -0.3 is 0 Å². The molecule has 0 heterocycles. The van der Waals surface area contributed by atoms with Gasteiger partial charge in [0.15, 0.2) is 0 Å². The van der Waals surface area contributed by atoms with Crippen molar-refractivity contribution in [1.82, 2.24) is 0 Å². The molecule has 21 heavy (non-hydrogen) atoms. The number of alkyl halides is 9. The smallest absolute Gasteiger partial charge is 0.200 e. The third-order valence-corrected chi connectivity index (χ3v) is 2.60. The highest BCUT2D eigenvalue weighted by atomic mass is 19.4. The van der Waals surface area contributed by atoms with E-state index in [1.807, 2.05) is 0 Å². The minimum absolute atomic E-state index is 0.0108. The molecule has 0 saturated heterocycles. The molecule has 0 aliphatic rings. The lowest BCUT2D eigenvalue weighted by Gasteiger charge is -2.33. The summed E-state index contributed by atoms with van der Waals surface area (Å²) in [5, 5.41) is 0. The fraction of sp³-hybridized carbons (Fsp3) is 0.417. The van der Waals surface area contributed by atoms with Crippen molar-refractivity contribution < 1.29 is 39.5 Å². The Kier molecular flexibility index (Phi) is 4.55. The van der Waals surface area contributed by atoms with Crippen LogP contribution in [0.4, 0.5) is 39.5 Å². The van der Waals surface area contributed by atoms with Crippen molar-refractivity contribution in [3.63, 3.8) is 0 Å². The lowest BCUT2D eigenvalue weighted by molar-refractivity contribution is -0.395. The summed E-state index contributed by atoms with van der Waals surface area (Å²) in [6.07, 6.45) is -8.29. The van der Waals surface area contributed by atoms with Crippen molar-refractivity contribution >= 4 is 0 Å². The highest BCUT2D eigenvalue weighted by Gasteiger charge is 2.81. The van der Waals surface area contributed by atoms with E-state index in [-0.39, 0.29) is 5.56 Å². The molecule has 0 unspecified atom stereocenters. The quantitative estimate of drug-likeness (QED) is 0.662. The molecular formula is C12H8F9. The Hall–Kier alpha value is -1.41. The van der Waals surface area contributed by atoms with Gasteiger partial charge in [0.1, 0.15) is 0 Å². The summed E-state index contributed by atoms with van der Waals surface area (Å²) >= 11 is 0. The van der Waals surface area contributed by atoms with Crippen molar-refractivity contribution in [2.75, 3.05) is 0 Å². The van der Waals surface area contributed by atoms with Gasteiger partial charge in [-0.1, -0.05) is 30.3 Å². The first-order valence-corrected chi connectivity index (χ1v) is 5.41. The van der Waals surface area contributed by atoms with Gasteiger partial charge in [0.2, 0.25) is 0 Å². The highest BCUT2D eigenvalue weighted by Crippen LogP contribution is 2.54. The molecule has 0 amide bonds. The Morgan fingerprint density at radius 3 is 1.62 bits per heavy atom. The Bertz CT molecular complexity index is 461. The number of benzene rings is 1. The molecule has 0 saturated carbocycles. The maximum atomic E-state index is 13.2. The maximum absolute atomic E-state index is 13.2. The van der Waals surface area contributed by atoms with Gasteiger partial charge in [-0.15, -0.1) is 0 Å². The third-order valence-electron chi connectivity index (χ3n) is 2.60. The topological polar surface area (TPSA) is 0 Å². The first kappa shape index (κ1) is 17.6. The summed E-state index contributed by atoms with van der Waals surface area (Å²) in [4.78, 5) is 0. The number of hydrogen-bond acceptors (Lipinski definition) is 0. The van der Waals surface area contributed by atoms with Gasteiger partial charge in [-0.2, -0.15) is 39.5 Å². The van der Waals surface area contributed by atoms with Crippen LogP contribution in [-0.2, 0) is 0 Å². The molecule has 1 rings (SSSR count). The van der Waals surface area contributed by atoms with Crippen molar-refractivity contribution in [2.45, 2.75) is 30.4 Å². The van der Waals surface area contributed by atoms with E-state index >= 15 is 0 Å². The van der Waals surface area contributed by atoms with Gasteiger partial charge >= 0.3 is 23.9 Å². The summed E-state index contributed by atoms with van der Waals surface area (Å²) in [6.45, 7) is 0. The molecule has 0 spiro atoms. The van der Waals surface area contributed by atoms with Gasteiger partial charge in [0, 0.05) is 6.42 Å². The number of halogens is 9. The fourth-order valence-corrected chi connectivity index (χ4v) is 1.37. The summed E-state index contributed by atoms with van der Waals surface area (Å²) in [6, 6.07) is 6.59. The Balaban J connectivity index is 2.94. The number of hydrogen-bond donors (Lipinski definition) is 0. The first-order valence-electron chi connectivity index (χ1n) is 5.41. The Morgan fingerprint density at radius 2 is 1.19 bits per heavy atom. The minimum atomic E-state index is -6.84. The van der Waals surface area contributed by atoms with Crippen LogP contribution in [0.3, 0.4) is 0 Å². The second-order valence-electron chi connectivity index (χ2n) is 4.17. The van der Waals surface area contributed by atoms with Crippen LogP contribution in [0.5, 0.6) is 0 Å². The molecule has 0 fully saturated rings. The lowest BCUT2D eigenvalue weighted by Crippen LogP contribution is -2.60. The van der Waals surface area contributed by atoms with Crippen molar-refractivity contribution in [3.8, 4) is 0 Å². The highest BCUT2D eigenvalue weighted by molar-refractivity contribution is 5.23. The maximum Gasteiger partial charge on any atom is 0.460 e. The molecule has 0 aliphatic heterocycles.